The number of fused-ring (bicyclic) bond motifs is 3. The third kappa shape index (κ3) is 2.29. The van der Waals surface area contributed by atoms with Crippen LogP contribution in [-0.4, -0.2) is 18.3 Å². The molecule has 0 radical (unpaired) electrons. The lowest BCUT2D eigenvalue weighted by molar-refractivity contribution is -0.135. The minimum atomic E-state index is -0.327. The summed E-state index contributed by atoms with van der Waals surface area (Å²) in [6, 6.07) is 20.9. The zero-order valence-corrected chi connectivity index (χ0v) is 15.3. The molecule has 0 bridgehead atoms. The zero-order valence-electron chi connectivity index (χ0n) is 15.3. The van der Waals surface area contributed by atoms with Crippen LogP contribution in [0.5, 0.6) is 0 Å². The molecule has 0 fully saturated rings. The van der Waals surface area contributed by atoms with Crippen LogP contribution in [0.15, 0.2) is 65.8 Å². The summed E-state index contributed by atoms with van der Waals surface area (Å²) in [5.74, 6) is -0.432. The van der Waals surface area contributed by atoms with Crippen molar-refractivity contribution in [3.05, 3.63) is 77.4 Å². The molecule has 2 aliphatic rings. The van der Waals surface area contributed by atoms with E-state index in [9.17, 15) is 4.79 Å². The Balaban J connectivity index is 1.72. The van der Waals surface area contributed by atoms with E-state index in [1.807, 2.05) is 11.9 Å². The number of ether oxygens (including phenoxy) is 1. The molecule has 0 aromatic heterocycles. The predicted molar refractivity (Wildman–Crippen MR) is 107 cm³/mol. The second kappa shape index (κ2) is 5.95. The van der Waals surface area contributed by atoms with E-state index in [0.717, 1.165) is 11.3 Å². The van der Waals surface area contributed by atoms with Crippen molar-refractivity contribution >= 4 is 28.1 Å². The lowest BCUT2D eigenvalue weighted by Crippen LogP contribution is -2.24. The van der Waals surface area contributed by atoms with Crippen molar-refractivity contribution in [3.63, 3.8) is 0 Å². The molecule has 4 heteroatoms. The summed E-state index contributed by atoms with van der Waals surface area (Å²) in [5, 5.41) is 9.18. The molecule has 0 N–H and O–H groups in total. The number of esters is 1. The fraction of sp³-hybridized carbons (Fsp3) is 0.217. The van der Waals surface area contributed by atoms with Gasteiger partial charge >= 0.3 is 5.97 Å². The molecule has 0 saturated heterocycles. The van der Waals surface area contributed by atoms with E-state index in [0.29, 0.717) is 12.3 Å². The molecule has 27 heavy (non-hydrogen) atoms. The molecular weight excluding hydrogens is 336 g/mol. The van der Waals surface area contributed by atoms with Crippen LogP contribution in [0.3, 0.4) is 0 Å². The number of nitrogens with zero attached hydrogens (tertiary/aromatic N) is 2. The Kier molecular flexibility index (Phi) is 3.54. The molecular formula is C23H20N2O2. The quantitative estimate of drug-likeness (QED) is 0.637. The summed E-state index contributed by atoms with van der Waals surface area (Å²) in [5.41, 5.74) is 5.05. The average molecular weight is 356 g/mol. The highest BCUT2D eigenvalue weighted by molar-refractivity contribution is 6.40. The number of hydrazone groups is 1. The fourth-order valence-corrected chi connectivity index (χ4v) is 4.35. The van der Waals surface area contributed by atoms with Gasteiger partial charge < -0.3 is 4.74 Å². The van der Waals surface area contributed by atoms with Crippen molar-refractivity contribution in [1.29, 1.82) is 0 Å². The normalized spacial score (nSPS) is 19.9. The third-order valence-corrected chi connectivity index (χ3v) is 5.50. The Labute approximate surface area is 158 Å². The lowest BCUT2D eigenvalue weighted by atomic mass is 9.92. The van der Waals surface area contributed by atoms with E-state index in [-0.39, 0.29) is 17.9 Å². The highest BCUT2D eigenvalue weighted by Crippen LogP contribution is 2.53. The van der Waals surface area contributed by atoms with Gasteiger partial charge in [0.05, 0.1) is 24.3 Å². The molecule has 3 aromatic rings. The first-order chi connectivity index (χ1) is 13.2. The van der Waals surface area contributed by atoms with Crippen molar-refractivity contribution in [1.82, 2.24) is 0 Å². The van der Waals surface area contributed by atoms with E-state index >= 15 is 0 Å². The van der Waals surface area contributed by atoms with Crippen LogP contribution in [0.4, 0.5) is 5.69 Å². The molecule has 1 heterocycles. The van der Waals surface area contributed by atoms with Gasteiger partial charge in [-0.15, -0.1) is 0 Å². The standard InChI is InChI=1S/C23H20N2O2/c1-3-27-23(26)21-20-17-8-4-6-15-7-5-9-18(19(15)17)22(20)25(24-21)16-12-10-14(2)11-13-16/h4-13,20,22H,3H2,1-2H3/t20-,22-/m1/s1. The van der Waals surface area contributed by atoms with Crippen molar-refractivity contribution in [3.8, 4) is 0 Å². The van der Waals surface area contributed by atoms with E-state index < -0.39 is 0 Å². The smallest absolute Gasteiger partial charge is 0.355 e. The monoisotopic (exact) mass is 356 g/mol. The maximum atomic E-state index is 12.7. The highest BCUT2D eigenvalue weighted by Gasteiger charge is 2.48. The molecule has 2 atom stereocenters. The molecule has 1 aliphatic carbocycles. The van der Waals surface area contributed by atoms with Crippen LogP contribution in [0, 0.1) is 6.92 Å². The first-order valence-electron chi connectivity index (χ1n) is 9.32. The minimum absolute atomic E-state index is 0.0202. The van der Waals surface area contributed by atoms with Gasteiger partial charge in [-0.1, -0.05) is 54.1 Å². The number of carbonyl (C=O) groups is 1. The van der Waals surface area contributed by atoms with Gasteiger partial charge in [0, 0.05) is 0 Å². The summed E-state index contributed by atoms with van der Waals surface area (Å²) in [4.78, 5) is 12.7. The maximum Gasteiger partial charge on any atom is 0.355 e. The number of anilines is 1. The molecule has 5 rings (SSSR count). The van der Waals surface area contributed by atoms with Gasteiger partial charge in [0.1, 0.15) is 0 Å². The lowest BCUT2D eigenvalue weighted by Gasteiger charge is -2.24. The number of rotatable bonds is 3. The summed E-state index contributed by atoms with van der Waals surface area (Å²) >= 11 is 0. The van der Waals surface area contributed by atoms with Gasteiger partial charge in [-0.05, 0) is 47.9 Å². The highest BCUT2D eigenvalue weighted by atomic mass is 16.5. The van der Waals surface area contributed by atoms with Gasteiger partial charge in [0.15, 0.2) is 5.71 Å². The summed E-state index contributed by atoms with van der Waals surface area (Å²) in [6.45, 7) is 4.24. The van der Waals surface area contributed by atoms with Crippen molar-refractivity contribution in [2.75, 3.05) is 11.6 Å². The van der Waals surface area contributed by atoms with Crippen LogP contribution in [0.2, 0.25) is 0 Å². The summed E-state index contributed by atoms with van der Waals surface area (Å²) in [6.07, 6.45) is 0. The van der Waals surface area contributed by atoms with E-state index in [1.54, 1.807) is 0 Å². The SMILES string of the molecule is CCOC(=O)C1=NN(c2ccc(C)cc2)[C@@H]2c3cccc4cccc(c34)[C@H]12. The number of benzene rings is 3. The van der Waals surface area contributed by atoms with Crippen molar-refractivity contribution < 1.29 is 9.53 Å². The molecule has 0 amide bonds. The van der Waals surface area contributed by atoms with Crippen LogP contribution < -0.4 is 5.01 Å². The Hall–Kier alpha value is -3.14. The average Bonchev–Trinajstić information content (AvgIpc) is 3.22. The molecule has 0 saturated carbocycles. The van der Waals surface area contributed by atoms with Gasteiger partial charge in [-0.25, -0.2) is 4.79 Å². The van der Waals surface area contributed by atoms with Crippen LogP contribution >= 0.6 is 0 Å². The molecule has 4 nitrogen and oxygen atoms in total. The summed E-state index contributed by atoms with van der Waals surface area (Å²) < 4.78 is 5.34. The zero-order chi connectivity index (χ0) is 18.5. The Morgan fingerprint density at radius 2 is 1.74 bits per heavy atom. The maximum absolute atomic E-state index is 12.7. The van der Waals surface area contributed by atoms with Crippen LogP contribution in [-0.2, 0) is 9.53 Å². The van der Waals surface area contributed by atoms with Crippen LogP contribution in [0.1, 0.15) is 35.6 Å². The van der Waals surface area contributed by atoms with E-state index in [1.165, 1.54) is 21.9 Å². The van der Waals surface area contributed by atoms with Gasteiger partial charge in [0.2, 0.25) is 0 Å². The van der Waals surface area contributed by atoms with E-state index in [4.69, 9.17) is 9.84 Å². The number of hydrogen-bond donors (Lipinski definition) is 0. The molecule has 0 unspecified atom stereocenters. The van der Waals surface area contributed by atoms with Gasteiger partial charge in [-0.2, -0.15) is 5.10 Å². The Bertz CT molecular complexity index is 1080. The molecule has 3 aromatic carbocycles. The summed E-state index contributed by atoms with van der Waals surface area (Å²) in [7, 11) is 0. The van der Waals surface area contributed by atoms with E-state index in [2.05, 4.69) is 67.6 Å². The first-order valence-corrected chi connectivity index (χ1v) is 9.32. The van der Waals surface area contributed by atoms with Crippen LogP contribution in [0.25, 0.3) is 10.8 Å². The Morgan fingerprint density at radius 3 is 2.44 bits per heavy atom. The molecule has 1 aliphatic heterocycles. The largest absolute Gasteiger partial charge is 0.461 e. The Morgan fingerprint density at radius 1 is 1.04 bits per heavy atom. The number of carbonyl (C=O) groups excluding carboxylic acids is 1. The fourth-order valence-electron chi connectivity index (χ4n) is 4.35. The molecule has 134 valence electrons. The first kappa shape index (κ1) is 16.1. The van der Waals surface area contributed by atoms with Gasteiger partial charge in [0.25, 0.3) is 0 Å². The topological polar surface area (TPSA) is 41.9 Å². The third-order valence-electron chi connectivity index (χ3n) is 5.50. The minimum Gasteiger partial charge on any atom is -0.461 e. The number of aryl methyl sites for hydroxylation is 1. The number of hydrogen-bond acceptors (Lipinski definition) is 4. The second-order valence-electron chi connectivity index (χ2n) is 7.10. The predicted octanol–water partition coefficient (Wildman–Crippen LogP) is 4.73. The molecule has 0 spiro atoms. The van der Waals surface area contributed by atoms with Gasteiger partial charge in [-0.3, -0.25) is 5.01 Å². The second-order valence-corrected chi connectivity index (χ2v) is 7.10. The van der Waals surface area contributed by atoms with Crippen molar-refractivity contribution in [2.45, 2.75) is 25.8 Å². The van der Waals surface area contributed by atoms with Crippen molar-refractivity contribution in [2.24, 2.45) is 5.10 Å².